The Morgan fingerprint density at radius 1 is 1.19 bits per heavy atom. The Hall–Kier alpha value is -2.34. The molecule has 6 nitrogen and oxygen atoms in total. The first-order valence-corrected chi connectivity index (χ1v) is 9.51. The van der Waals surface area contributed by atoms with Crippen molar-refractivity contribution in [1.82, 2.24) is 20.5 Å². The van der Waals surface area contributed by atoms with E-state index in [1.807, 2.05) is 12.1 Å². The van der Waals surface area contributed by atoms with E-state index >= 15 is 0 Å². The Balaban J connectivity index is 1.88. The number of likely N-dealkylation sites (N-methyl/N-ethyl adjacent to an activating group) is 1. The molecular formula is C21H33N5O. The smallest absolute Gasteiger partial charge is 0.226 e. The summed E-state index contributed by atoms with van der Waals surface area (Å²) in [5, 5.41) is 6.72. The molecule has 1 aromatic carbocycles. The molecule has 0 saturated carbocycles. The first kappa shape index (κ1) is 21.0. The summed E-state index contributed by atoms with van der Waals surface area (Å²) in [4.78, 5) is 11.1. The van der Waals surface area contributed by atoms with Crippen molar-refractivity contribution in [2.45, 2.75) is 39.8 Å². The number of guanidine groups is 1. The van der Waals surface area contributed by atoms with E-state index in [0.717, 1.165) is 30.2 Å². The predicted molar refractivity (Wildman–Crippen MR) is 112 cm³/mol. The fraction of sp³-hybridized carbons (Fsp3) is 0.524. The van der Waals surface area contributed by atoms with Gasteiger partial charge in [-0.15, -0.1) is 0 Å². The van der Waals surface area contributed by atoms with Crippen molar-refractivity contribution < 1.29 is 4.42 Å². The average Bonchev–Trinajstić information content (AvgIpc) is 3.10. The third kappa shape index (κ3) is 6.71. The maximum Gasteiger partial charge on any atom is 0.226 e. The SMILES string of the molecule is CN=C(NCc1coc(-c2ccc(C)cc2)n1)NCC(CC(C)C)N(C)C. The molecule has 27 heavy (non-hydrogen) atoms. The second kappa shape index (κ2) is 10.1. The van der Waals surface area contributed by atoms with Gasteiger partial charge in [-0.25, -0.2) is 4.98 Å². The minimum absolute atomic E-state index is 0.462. The van der Waals surface area contributed by atoms with Crippen LogP contribution >= 0.6 is 0 Å². The maximum absolute atomic E-state index is 5.61. The van der Waals surface area contributed by atoms with Crippen LogP contribution in [-0.2, 0) is 6.54 Å². The van der Waals surface area contributed by atoms with Crippen molar-refractivity contribution >= 4 is 5.96 Å². The second-order valence-corrected chi connectivity index (χ2v) is 7.56. The average molecular weight is 372 g/mol. The third-order valence-electron chi connectivity index (χ3n) is 4.49. The zero-order chi connectivity index (χ0) is 19.8. The molecule has 148 valence electrons. The molecular weight excluding hydrogens is 338 g/mol. The van der Waals surface area contributed by atoms with Crippen molar-refractivity contribution in [2.75, 3.05) is 27.7 Å². The van der Waals surface area contributed by atoms with E-state index in [1.54, 1.807) is 13.3 Å². The Kier molecular flexibility index (Phi) is 7.85. The Morgan fingerprint density at radius 3 is 2.48 bits per heavy atom. The molecule has 0 fully saturated rings. The first-order valence-electron chi connectivity index (χ1n) is 9.51. The first-order chi connectivity index (χ1) is 12.9. The Labute approximate surface area is 163 Å². The van der Waals surface area contributed by atoms with Crippen LogP contribution < -0.4 is 10.6 Å². The van der Waals surface area contributed by atoms with Gasteiger partial charge in [0.15, 0.2) is 5.96 Å². The molecule has 0 amide bonds. The van der Waals surface area contributed by atoms with E-state index in [2.05, 4.69) is 72.5 Å². The van der Waals surface area contributed by atoms with Gasteiger partial charge in [0.1, 0.15) is 6.26 Å². The molecule has 0 spiro atoms. The van der Waals surface area contributed by atoms with Gasteiger partial charge < -0.3 is 20.0 Å². The van der Waals surface area contributed by atoms with Gasteiger partial charge in [0.2, 0.25) is 5.89 Å². The van der Waals surface area contributed by atoms with E-state index < -0.39 is 0 Å². The highest BCUT2D eigenvalue weighted by atomic mass is 16.3. The normalized spacial score (nSPS) is 13.3. The molecule has 0 aliphatic rings. The molecule has 1 aromatic heterocycles. The Bertz CT molecular complexity index is 718. The summed E-state index contributed by atoms with van der Waals surface area (Å²) in [5.74, 6) is 2.06. The van der Waals surface area contributed by atoms with Gasteiger partial charge in [-0.3, -0.25) is 4.99 Å². The fourth-order valence-corrected chi connectivity index (χ4v) is 2.85. The molecule has 6 heteroatoms. The molecule has 0 aliphatic heterocycles. The monoisotopic (exact) mass is 371 g/mol. The topological polar surface area (TPSA) is 65.7 Å². The lowest BCUT2D eigenvalue weighted by Crippen LogP contribution is -2.45. The highest BCUT2D eigenvalue weighted by Crippen LogP contribution is 2.19. The van der Waals surface area contributed by atoms with Crippen LogP contribution in [0.15, 0.2) is 39.9 Å². The number of nitrogens with one attached hydrogen (secondary N) is 2. The standard InChI is InChI=1S/C21H33N5O/c1-15(2)11-19(26(5)6)13-24-21(22-4)23-12-18-14-27-20(25-18)17-9-7-16(3)8-10-17/h7-10,14-15,19H,11-13H2,1-6H3,(H2,22,23,24). The van der Waals surface area contributed by atoms with E-state index in [-0.39, 0.29) is 0 Å². The lowest BCUT2D eigenvalue weighted by Gasteiger charge is -2.27. The minimum Gasteiger partial charge on any atom is -0.444 e. The number of hydrogen-bond donors (Lipinski definition) is 2. The van der Waals surface area contributed by atoms with Crippen molar-refractivity contribution in [3.05, 3.63) is 41.8 Å². The lowest BCUT2D eigenvalue weighted by atomic mass is 10.0. The van der Waals surface area contributed by atoms with E-state index in [1.165, 1.54) is 5.56 Å². The van der Waals surface area contributed by atoms with Crippen molar-refractivity contribution in [3.63, 3.8) is 0 Å². The van der Waals surface area contributed by atoms with Gasteiger partial charge in [0.05, 0.1) is 12.2 Å². The van der Waals surface area contributed by atoms with Crippen LogP contribution in [0.2, 0.25) is 0 Å². The molecule has 0 saturated heterocycles. The van der Waals surface area contributed by atoms with Crippen molar-refractivity contribution in [2.24, 2.45) is 10.9 Å². The summed E-state index contributed by atoms with van der Waals surface area (Å²) in [6, 6.07) is 8.62. The third-order valence-corrected chi connectivity index (χ3v) is 4.49. The Morgan fingerprint density at radius 2 is 1.89 bits per heavy atom. The van der Waals surface area contributed by atoms with Crippen molar-refractivity contribution in [1.29, 1.82) is 0 Å². The molecule has 2 rings (SSSR count). The summed E-state index contributed by atoms with van der Waals surface area (Å²) in [7, 11) is 6.02. The van der Waals surface area contributed by atoms with Crippen LogP contribution in [-0.4, -0.2) is 49.6 Å². The van der Waals surface area contributed by atoms with E-state index in [0.29, 0.717) is 24.4 Å². The highest BCUT2D eigenvalue weighted by molar-refractivity contribution is 5.79. The summed E-state index contributed by atoms with van der Waals surface area (Å²) in [6.45, 7) is 7.97. The number of aliphatic imine (C=N–C) groups is 1. The molecule has 0 bridgehead atoms. The van der Waals surface area contributed by atoms with Gasteiger partial charge in [-0.05, 0) is 45.5 Å². The number of benzene rings is 1. The summed E-state index contributed by atoms with van der Waals surface area (Å²) in [6.07, 6.45) is 2.83. The van der Waals surface area contributed by atoms with Gasteiger partial charge >= 0.3 is 0 Å². The minimum atomic E-state index is 0.462. The number of aromatic nitrogens is 1. The van der Waals surface area contributed by atoms with E-state index in [4.69, 9.17) is 4.42 Å². The quantitative estimate of drug-likeness (QED) is 0.551. The zero-order valence-corrected chi connectivity index (χ0v) is 17.4. The van der Waals surface area contributed by atoms with Gasteiger partial charge in [0.25, 0.3) is 0 Å². The highest BCUT2D eigenvalue weighted by Gasteiger charge is 2.14. The van der Waals surface area contributed by atoms with Gasteiger partial charge in [-0.2, -0.15) is 0 Å². The molecule has 1 heterocycles. The molecule has 0 aliphatic carbocycles. The molecule has 0 radical (unpaired) electrons. The molecule has 2 aromatic rings. The number of hydrogen-bond acceptors (Lipinski definition) is 4. The van der Waals surface area contributed by atoms with E-state index in [9.17, 15) is 0 Å². The van der Waals surface area contributed by atoms with Gasteiger partial charge in [0, 0.05) is 25.2 Å². The summed E-state index contributed by atoms with van der Waals surface area (Å²) >= 11 is 0. The molecule has 1 atom stereocenters. The van der Waals surface area contributed by atoms with Crippen molar-refractivity contribution in [3.8, 4) is 11.5 Å². The maximum atomic E-state index is 5.61. The van der Waals surface area contributed by atoms with Crippen LogP contribution in [0.25, 0.3) is 11.5 Å². The van der Waals surface area contributed by atoms with Gasteiger partial charge in [-0.1, -0.05) is 31.5 Å². The predicted octanol–water partition coefficient (Wildman–Crippen LogP) is 3.29. The lowest BCUT2D eigenvalue weighted by molar-refractivity contribution is 0.254. The number of rotatable bonds is 8. The van der Waals surface area contributed by atoms with Crippen LogP contribution in [0.3, 0.4) is 0 Å². The second-order valence-electron chi connectivity index (χ2n) is 7.56. The number of nitrogens with zero attached hydrogens (tertiary/aromatic N) is 3. The summed E-state index contributed by atoms with van der Waals surface area (Å²) in [5.41, 5.74) is 3.05. The largest absolute Gasteiger partial charge is 0.444 e. The molecule has 2 N–H and O–H groups in total. The fourth-order valence-electron chi connectivity index (χ4n) is 2.85. The van der Waals surface area contributed by atoms with Crippen LogP contribution in [0.4, 0.5) is 0 Å². The van der Waals surface area contributed by atoms with Crippen LogP contribution in [0.1, 0.15) is 31.5 Å². The summed E-state index contributed by atoms with van der Waals surface area (Å²) < 4.78 is 5.61. The number of aryl methyl sites for hydroxylation is 1. The zero-order valence-electron chi connectivity index (χ0n) is 17.4. The molecule has 1 unspecified atom stereocenters. The van der Waals surface area contributed by atoms with Crippen LogP contribution in [0.5, 0.6) is 0 Å². The van der Waals surface area contributed by atoms with Crippen LogP contribution in [0, 0.1) is 12.8 Å². The number of oxazole rings is 1.